The molecule has 0 aliphatic heterocycles. The van der Waals surface area contributed by atoms with Gasteiger partial charge in [0.2, 0.25) is 11.4 Å². The summed E-state index contributed by atoms with van der Waals surface area (Å²) in [6, 6.07) is 19.0. The molecule has 30 heavy (non-hydrogen) atoms. The lowest BCUT2D eigenvalue weighted by atomic mass is 9.83. The first kappa shape index (κ1) is 19.4. The molecule has 2 aromatic carbocycles. The number of carbonyl (C=O) groups excluding carboxylic acids is 1. The monoisotopic (exact) mass is 399 g/mol. The van der Waals surface area contributed by atoms with Crippen LogP contribution < -0.4 is 5.56 Å². The van der Waals surface area contributed by atoms with Crippen LogP contribution in [0.5, 0.6) is 0 Å². The van der Waals surface area contributed by atoms with Crippen molar-refractivity contribution in [3.63, 3.8) is 0 Å². The molecule has 0 saturated heterocycles. The molecule has 7 heteroatoms. The van der Waals surface area contributed by atoms with Crippen LogP contribution in [0.15, 0.2) is 71.7 Å². The molecule has 2 heterocycles. The number of aromatic nitrogens is 5. The number of pyridine rings is 1. The van der Waals surface area contributed by atoms with Crippen molar-refractivity contribution in [3.8, 4) is 11.4 Å². The van der Waals surface area contributed by atoms with Crippen LogP contribution in [0, 0.1) is 6.92 Å². The molecule has 0 radical (unpaired) electrons. The zero-order valence-corrected chi connectivity index (χ0v) is 16.7. The molecule has 1 N–H and O–H groups in total. The molecule has 0 spiro atoms. The maximum atomic E-state index is 13.1. The van der Waals surface area contributed by atoms with Crippen molar-refractivity contribution in [2.75, 3.05) is 0 Å². The zero-order valence-electron chi connectivity index (χ0n) is 16.7. The number of ketones is 1. The second-order valence-electron chi connectivity index (χ2n) is 7.26. The van der Waals surface area contributed by atoms with E-state index in [1.54, 1.807) is 19.3 Å². The van der Waals surface area contributed by atoms with Crippen molar-refractivity contribution in [3.05, 3.63) is 99.5 Å². The van der Waals surface area contributed by atoms with E-state index >= 15 is 0 Å². The van der Waals surface area contributed by atoms with Crippen LogP contribution in [0.25, 0.3) is 11.4 Å². The Bertz CT molecular complexity index is 1230. The first-order chi connectivity index (χ1) is 14.5. The van der Waals surface area contributed by atoms with Crippen molar-refractivity contribution in [1.82, 2.24) is 25.2 Å². The van der Waals surface area contributed by atoms with Gasteiger partial charge in [-0.3, -0.25) is 9.59 Å². The average Bonchev–Trinajstić information content (AvgIpc) is 3.29. The molecule has 0 aliphatic carbocycles. The molecule has 0 bridgehead atoms. The number of carbonyl (C=O) groups is 1. The van der Waals surface area contributed by atoms with Gasteiger partial charge in [0.05, 0.1) is 0 Å². The maximum absolute atomic E-state index is 13.1. The topological polar surface area (TPSA) is 93.5 Å². The number of Topliss-reactive ketones (excluding diaryl/α,β-unsaturated/α-hetero) is 1. The van der Waals surface area contributed by atoms with Gasteiger partial charge in [-0.25, -0.2) is 0 Å². The van der Waals surface area contributed by atoms with Crippen LogP contribution in [-0.4, -0.2) is 31.0 Å². The molecule has 0 amide bonds. The predicted molar refractivity (Wildman–Crippen MR) is 113 cm³/mol. The van der Waals surface area contributed by atoms with E-state index in [2.05, 4.69) is 26.7 Å². The summed E-state index contributed by atoms with van der Waals surface area (Å²) >= 11 is 0. The van der Waals surface area contributed by atoms with Gasteiger partial charge in [-0.1, -0.05) is 48.5 Å². The molecule has 7 nitrogen and oxygen atoms in total. The fourth-order valence-electron chi connectivity index (χ4n) is 3.60. The summed E-state index contributed by atoms with van der Waals surface area (Å²) in [5.74, 6) is 0.395. The van der Waals surface area contributed by atoms with Gasteiger partial charge in [-0.15, -0.1) is 10.2 Å². The number of nitrogens with zero attached hydrogens (tertiary/aromatic N) is 4. The smallest absolute Gasteiger partial charge is 0.250 e. The Kier molecular flexibility index (Phi) is 5.34. The molecule has 0 saturated carbocycles. The Balaban J connectivity index is 1.70. The van der Waals surface area contributed by atoms with Crippen LogP contribution in [-0.2, 0) is 7.05 Å². The van der Waals surface area contributed by atoms with Gasteiger partial charge in [0.25, 0.3) is 0 Å². The molecule has 1 atom stereocenters. The number of nitrogens with one attached hydrogen (secondary N) is 1. The Hall–Kier alpha value is -3.87. The summed E-state index contributed by atoms with van der Waals surface area (Å²) in [5.41, 5.74) is 4.48. The first-order valence-electron chi connectivity index (χ1n) is 9.62. The molecule has 0 fully saturated rings. The summed E-state index contributed by atoms with van der Waals surface area (Å²) in [6.45, 7) is 2.05. The van der Waals surface area contributed by atoms with Crippen molar-refractivity contribution in [1.29, 1.82) is 0 Å². The van der Waals surface area contributed by atoms with Crippen LogP contribution in [0.1, 0.15) is 39.4 Å². The van der Waals surface area contributed by atoms with E-state index in [0.717, 1.165) is 22.3 Å². The molecule has 2 aromatic heterocycles. The van der Waals surface area contributed by atoms with Gasteiger partial charge in [0.1, 0.15) is 0 Å². The first-order valence-corrected chi connectivity index (χ1v) is 9.62. The highest BCUT2D eigenvalue weighted by Crippen LogP contribution is 2.32. The number of aryl methyl sites for hydroxylation is 2. The van der Waals surface area contributed by atoms with Crippen molar-refractivity contribution < 1.29 is 4.79 Å². The Morgan fingerprint density at radius 3 is 2.50 bits per heavy atom. The number of tetrazole rings is 1. The normalized spacial score (nSPS) is 11.9. The number of benzene rings is 2. The Morgan fingerprint density at radius 2 is 1.83 bits per heavy atom. The predicted octanol–water partition coefficient (Wildman–Crippen LogP) is 3.28. The third-order valence-electron chi connectivity index (χ3n) is 5.28. The number of rotatable bonds is 6. The Morgan fingerprint density at radius 1 is 1.07 bits per heavy atom. The summed E-state index contributed by atoms with van der Waals surface area (Å²) in [6.07, 6.45) is 1.89. The standard InChI is InChI=1S/C23H21N5O2/c1-15-5-3-4-6-19(15)20(13-21(29)18-11-12-22(30)28(2)14-18)16-7-9-17(10-8-16)23-24-26-27-25-23/h3-12,14,20H,13H2,1-2H3,(H,24,25,26,27)/t20-/m1/s1. The van der Waals surface area contributed by atoms with Gasteiger partial charge >= 0.3 is 0 Å². The van der Waals surface area contributed by atoms with Crippen molar-refractivity contribution in [2.45, 2.75) is 19.3 Å². The van der Waals surface area contributed by atoms with Gasteiger partial charge in [0, 0.05) is 42.8 Å². The van der Waals surface area contributed by atoms with E-state index < -0.39 is 0 Å². The van der Waals surface area contributed by atoms with Crippen molar-refractivity contribution >= 4 is 5.78 Å². The number of hydrogen-bond acceptors (Lipinski definition) is 5. The molecule has 4 aromatic rings. The molecular weight excluding hydrogens is 378 g/mol. The Labute approximate surface area is 173 Å². The van der Waals surface area contributed by atoms with Crippen LogP contribution in [0.3, 0.4) is 0 Å². The number of hydrogen-bond donors (Lipinski definition) is 1. The summed E-state index contributed by atoms with van der Waals surface area (Å²) in [5, 5.41) is 14.1. The van der Waals surface area contributed by atoms with Crippen molar-refractivity contribution in [2.24, 2.45) is 7.05 Å². The van der Waals surface area contributed by atoms with E-state index in [-0.39, 0.29) is 17.3 Å². The molecule has 150 valence electrons. The van der Waals surface area contributed by atoms with Crippen LogP contribution in [0.4, 0.5) is 0 Å². The van der Waals surface area contributed by atoms with Gasteiger partial charge in [-0.2, -0.15) is 5.21 Å². The number of H-pyrrole nitrogens is 1. The van der Waals surface area contributed by atoms with E-state index in [1.165, 1.54) is 10.6 Å². The molecule has 0 aliphatic rings. The summed E-state index contributed by atoms with van der Waals surface area (Å²) in [4.78, 5) is 24.8. The molecular formula is C23H21N5O2. The minimum atomic E-state index is -0.140. The minimum absolute atomic E-state index is 0.0129. The van der Waals surface area contributed by atoms with Crippen LogP contribution in [0.2, 0.25) is 0 Å². The second-order valence-corrected chi connectivity index (χ2v) is 7.26. The highest BCUT2D eigenvalue weighted by molar-refractivity contribution is 5.96. The highest BCUT2D eigenvalue weighted by atomic mass is 16.1. The zero-order chi connectivity index (χ0) is 21.1. The minimum Gasteiger partial charge on any atom is -0.318 e. The molecule has 4 rings (SSSR count). The molecule has 0 unspecified atom stereocenters. The van der Waals surface area contributed by atoms with Gasteiger partial charge in [-0.05, 0) is 34.9 Å². The summed E-state index contributed by atoms with van der Waals surface area (Å²) in [7, 11) is 1.65. The third-order valence-corrected chi connectivity index (χ3v) is 5.28. The quantitative estimate of drug-likeness (QED) is 0.502. The second kappa shape index (κ2) is 8.24. The largest absolute Gasteiger partial charge is 0.318 e. The highest BCUT2D eigenvalue weighted by Gasteiger charge is 2.21. The van der Waals surface area contributed by atoms with Gasteiger partial charge in [0.15, 0.2) is 5.78 Å². The average molecular weight is 399 g/mol. The summed E-state index contributed by atoms with van der Waals surface area (Å²) < 4.78 is 1.43. The lowest BCUT2D eigenvalue weighted by Gasteiger charge is -2.20. The van der Waals surface area contributed by atoms with E-state index in [9.17, 15) is 9.59 Å². The lowest BCUT2D eigenvalue weighted by Crippen LogP contribution is -2.17. The number of aromatic amines is 1. The SMILES string of the molecule is Cc1ccccc1[C@H](CC(=O)c1ccc(=O)n(C)c1)c1ccc(-c2nn[nH]n2)cc1. The third kappa shape index (κ3) is 3.96. The van der Waals surface area contributed by atoms with Gasteiger partial charge < -0.3 is 4.57 Å². The van der Waals surface area contributed by atoms with E-state index in [0.29, 0.717) is 17.8 Å². The lowest BCUT2D eigenvalue weighted by molar-refractivity contribution is 0.0977. The maximum Gasteiger partial charge on any atom is 0.250 e. The fourth-order valence-corrected chi connectivity index (χ4v) is 3.60. The van der Waals surface area contributed by atoms with E-state index in [1.807, 2.05) is 49.4 Å². The fraction of sp³-hybridized carbons (Fsp3) is 0.174. The van der Waals surface area contributed by atoms with Crippen LogP contribution >= 0.6 is 0 Å². The van der Waals surface area contributed by atoms with E-state index in [4.69, 9.17) is 0 Å².